The fraction of sp³-hybridized carbons (Fsp3) is 0.647. The standard InChI is InChI=1S/C34H49NO13/c1-18-10-8-6-4-5-7-9-11-22(46-33-31(40)29(35)30(39)20(3)45-33)15-26-28(32(41)42)23(37)17-34(43,48-26)16-21(36)14-25-24(47-25)12-13-27(38)44-19(18)2/h4-13,18-26,28-31,33,36-37,39-40,43H,14-17,35H2,1-3H3,(H,41,42)/b6-4+,7-5+,10-8+,11-9+,13-12+/t18?,19?,20-,21-,22-,23-,24+,25-,26-,28+,29+,30-,31+,33+,34+/m1/s1. The number of carboxylic acid groups (broad SMARTS) is 1. The highest BCUT2D eigenvalue weighted by atomic mass is 16.7. The molecule has 2 bridgehead atoms. The van der Waals surface area contributed by atoms with E-state index in [0.29, 0.717) is 0 Å². The number of rotatable bonds is 3. The lowest BCUT2D eigenvalue weighted by Gasteiger charge is -2.45. The highest BCUT2D eigenvalue weighted by molar-refractivity contribution is 5.82. The lowest BCUT2D eigenvalue weighted by molar-refractivity contribution is -0.308. The molecule has 0 aromatic carbocycles. The molecule has 268 valence electrons. The van der Waals surface area contributed by atoms with Crippen molar-refractivity contribution in [2.45, 2.75) is 126 Å². The zero-order chi connectivity index (χ0) is 35.2. The van der Waals surface area contributed by atoms with Gasteiger partial charge in [-0.2, -0.15) is 0 Å². The highest BCUT2D eigenvalue weighted by Crippen LogP contribution is 2.39. The number of fused-ring (bicyclic) bond motifs is 3. The summed E-state index contributed by atoms with van der Waals surface area (Å²) in [6, 6.07) is -1.08. The smallest absolute Gasteiger partial charge is 0.330 e. The molecule has 0 aromatic heterocycles. The minimum Gasteiger partial charge on any atom is -0.481 e. The van der Waals surface area contributed by atoms with E-state index in [1.807, 2.05) is 19.1 Å². The van der Waals surface area contributed by atoms with E-state index in [1.165, 1.54) is 6.08 Å². The molecular formula is C34H49NO13. The summed E-state index contributed by atoms with van der Waals surface area (Å²) in [7, 11) is 0. The average Bonchev–Trinajstić information content (AvgIpc) is 3.74. The van der Waals surface area contributed by atoms with Crippen LogP contribution in [0.3, 0.4) is 0 Å². The third-order valence-corrected chi connectivity index (χ3v) is 9.11. The monoisotopic (exact) mass is 679 g/mol. The third kappa shape index (κ3) is 10.4. The third-order valence-electron chi connectivity index (χ3n) is 9.11. The van der Waals surface area contributed by atoms with Gasteiger partial charge < -0.3 is 60.1 Å². The summed E-state index contributed by atoms with van der Waals surface area (Å²) in [4.78, 5) is 24.6. The highest BCUT2D eigenvalue weighted by Gasteiger charge is 2.51. The molecule has 14 nitrogen and oxygen atoms in total. The molecule has 0 aromatic rings. The van der Waals surface area contributed by atoms with Crippen LogP contribution >= 0.6 is 0 Å². The first kappa shape index (κ1) is 38.0. The second-order valence-corrected chi connectivity index (χ2v) is 13.0. The number of aliphatic carboxylic acids is 1. The van der Waals surface area contributed by atoms with Crippen LogP contribution in [0.25, 0.3) is 0 Å². The summed E-state index contributed by atoms with van der Waals surface area (Å²) in [6.07, 6.45) is 4.79. The normalized spacial score (nSPS) is 48.1. The molecule has 0 amide bonds. The maximum atomic E-state index is 12.3. The van der Waals surface area contributed by atoms with Crippen molar-refractivity contribution in [2.75, 3.05) is 0 Å². The number of hydrogen-bond donors (Lipinski definition) is 7. The van der Waals surface area contributed by atoms with Crippen molar-refractivity contribution in [3.05, 3.63) is 60.8 Å². The number of carboxylic acids is 1. The van der Waals surface area contributed by atoms with Crippen molar-refractivity contribution >= 4 is 11.9 Å². The van der Waals surface area contributed by atoms with E-state index in [1.54, 1.807) is 56.4 Å². The quantitative estimate of drug-likeness (QED) is 0.158. The van der Waals surface area contributed by atoms with Crippen molar-refractivity contribution in [3.8, 4) is 0 Å². The van der Waals surface area contributed by atoms with Crippen LogP contribution in [-0.2, 0) is 33.3 Å². The molecule has 3 saturated heterocycles. The summed E-state index contributed by atoms with van der Waals surface area (Å²) in [5, 5.41) is 64.1. The predicted molar refractivity (Wildman–Crippen MR) is 170 cm³/mol. The molecule has 2 unspecified atom stereocenters. The molecule has 48 heavy (non-hydrogen) atoms. The molecule has 4 aliphatic rings. The van der Waals surface area contributed by atoms with Crippen LogP contribution in [-0.4, -0.2) is 122 Å². The van der Waals surface area contributed by atoms with Crippen molar-refractivity contribution in [1.29, 1.82) is 0 Å². The fourth-order valence-corrected chi connectivity index (χ4v) is 6.10. The second-order valence-electron chi connectivity index (χ2n) is 13.0. The number of aliphatic hydroxyl groups excluding tert-OH is 4. The first-order chi connectivity index (χ1) is 22.7. The number of cyclic esters (lactones) is 1. The molecule has 4 heterocycles. The Kier molecular flexibility index (Phi) is 13.3. The Hall–Kier alpha value is -2.76. The van der Waals surface area contributed by atoms with Gasteiger partial charge in [0.05, 0.1) is 48.8 Å². The Morgan fingerprint density at radius 3 is 2.23 bits per heavy atom. The van der Waals surface area contributed by atoms with Crippen LogP contribution in [0.1, 0.15) is 46.5 Å². The number of allylic oxidation sites excluding steroid dienone is 6. The van der Waals surface area contributed by atoms with E-state index in [0.717, 1.165) is 0 Å². The SMILES string of the molecule is CC1/C=C/C=C/C=C/C=C/[C@@H](O[C@@H]2O[C@H](C)[C@@H](O)[C@H](N)[C@@H]2O)C[C@H]2O[C@@](O)(C[C@H](O)C[C@H]3O[C@H]3/C=C/C(=O)OC1C)C[C@@H](O)[C@@H]2C(=O)O. The summed E-state index contributed by atoms with van der Waals surface area (Å²) in [5.74, 6) is -5.53. The molecule has 3 fully saturated rings. The number of epoxide rings is 1. The maximum Gasteiger partial charge on any atom is 0.330 e. The van der Waals surface area contributed by atoms with E-state index in [4.69, 9.17) is 29.4 Å². The van der Waals surface area contributed by atoms with Gasteiger partial charge in [-0.25, -0.2) is 4.79 Å². The average molecular weight is 680 g/mol. The minimum atomic E-state index is -2.10. The zero-order valence-corrected chi connectivity index (χ0v) is 27.3. The Morgan fingerprint density at radius 1 is 0.875 bits per heavy atom. The molecule has 14 heteroatoms. The van der Waals surface area contributed by atoms with Crippen molar-refractivity contribution in [1.82, 2.24) is 0 Å². The van der Waals surface area contributed by atoms with Crippen LogP contribution in [0.5, 0.6) is 0 Å². The lowest BCUT2D eigenvalue weighted by atomic mass is 9.83. The number of hydrogen-bond acceptors (Lipinski definition) is 13. The molecule has 0 radical (unpaired) electrons. The number of carbonyl (C=O) groups excluding carboxylic acids is 1. The molecule has 0 saturated carbocycles. The van der Waals surface area contributed by atoms with Gasteiger partial charge in [-0.3, -0.25) is 4.79 Å². The molecular weight excluding hydrogens is 630 g/mol. The molecule has 4 rings (SSSR count). The van der Waals surface area contributed by atoms with Crippen LogP contribution in [0.4, 0.5) is 0 Å². The Bertz CT molecular complexity index is 1250. The topological polar surface area (TPSA) is 231 Å². The lowest BCUT2D eigenvalue weighted by Crippen LogP contribution is -2.61. The van der Waals surface area contributed by atoms with Gasteiger partial charge in [0.15, 0.2) is 12.1 Å². The maximum absolute atomic E-state index is 12.3. The van der Waals surface area contributed by atoms with E-state index >= 15 is 0 Å². The van der Waals surface area contributed by atoms with Gasteiger partial charge in [-0.05, 0) is 19.9 Å². The first-order valence-electron chi connectivity index (χ1n) is 16.3. The van der Waals surface area contributed by atoms with Gasteiger partial charge in [0.2, 0.25) is 0 Å². The van der Waals surface area contributed by atoms with E-state index in [-0.39, 0.29) is 25.2 Å². The number of aliphatic hydroxyl groups is 5. The number of carbonyl (C=O) groups is 2. The number of esters is 1. The van der Waals surface area contributed by atoms with Crippen LogP contribution in [0.15, 0.2) is 60.8 Å². The Labute approximate surface area is 279 Å². The van der Waals surface area contributed by atoms with Crippen LogP contribution in [0, 0.1) is 11.8 Å². The second kappa shape index (κ2) is 16.8. The number of nitrogens with two attached hydrogens (primary N) is 1. The van der Waals surface area contributed by atoms with Gasteiger partial charge in [-0.1, -0.05) is 55.5 Å². The van der Waals surface area contributed by atoms with E-state index in [9.17, 15) is 40.2 Å². The molecule has 8 N–H and O–H groups in total. The summed E-state index contributed by atoms with van der Waals surface area (Å²) in [5.41, 5.74) is 5.98. The molecule has 4 aliphatic heterocycles. The molecule has 15 atom stereocenters. The summed E-state index contributed by atoms with van der Waals surface area (Å²) < 4.78 is 28.7. The van der Waals surface area contributed by atoms with Crippen molar-refractivity contribution in [2.24, 2.45) is 17.6 Å². The predicted octanol–water partition coefficient (Wildman–Crippen LogP) is 0.366. The molecule has 0 spiro atoms. The van der Waals surface area contributed by atoms with Crippen LogP contribution in [0.2, 0.25) is 0 Å². The van der Waals surface area contributed by atoms with Crippen molar-refractivity contribution < 1.29 is 63.9 Å². The zero-order valence-electron chi connectivity index (χ0n) is 27.3. The van der Waals surface area contributed by atoms with Gasteiger partial charge >= 0.3 is 11.9 Å². The fourth-order valence-electron chi connectivity index (χ4n) is 6.10. The minimum absolute atomic E-state index is 0.0747. The van der Waals surface area contributed by atoms with Gasteiger partial charge in [0.25, 0.3) is 0 Å². The van der Waals surface area contributed by atoms with E-state index in [2.05, 4.69) is 0 Å². The summed E-state index contributed by atoms with van der Waals surface area (Å²) >= 11 is 0. The Morgan fingerprint density at radius 2 is 1.54 bits per heavy atom. The summed E-state index contributed by atoms with van der Waals surface area (Å²) in [6.45, 7) is 5.27. The van der Waals surface area contributed by atoms with Gasteiger partial charge in [-0.15, -0.1) is 0 Å². The van der Waals surface area contributed by atoms with Gasteiger partial charge in [0.1, 0.15) is 24.2 Å². The Balaban J connectivity index is 1.60. The van der Waals surface area contributed by atoms with Crippen LogP contribution < -0.4 is 5.73 Å². The van der Waals surface area contributed by atoms with Crippen molar-refractivity contribution in [3.63, 3.8) is 0 Å². The molecule has 0 aliphatic carbocycles. The van der Waals surface area contributed by atoms with E-state index < -0.39 is 103 Å². The number of ether oxygens (including phenoxy) is 5. The first-order valence-corrected chi connectivity index (χ1v) is 16.3. The van der Waals surface area contributed by atoms with Gasteiger partial charge in [0, 0.05) is 37.7 Å². The largest absolute Gasteiger partial charge is 0.481 e.